The molecular weight excluding hydrogens is 328 g/mol. The van der Waals surface area contributed by atoms with E-state index in [0.29, 0.717) is 16.8 Å². The number of para-hydroxylation sites is 1. The predicted molar refractivity (Wildman–Crippen MR) is 77.1 cm³/mol. The van der Waals surface area contributed by atoms with Crippen LogP contribution in [0.5, 0.6) is 11.6 Å². The van der Waals surface area contributed by atoms with Gasteiger partial charge in [0, 0.05) is 12.6 Å². The van der Waals surface area contributed by atoms with Gasteiger partial charge < -0.3 is 10.1 Å². The van der Waals surface area contributed by atoms with Gasteiger partial charge in [-0.3, -0.25) is 15.1 Å². The minimum Gasteiger partial charge on any atom is -0.429 e. The first kappa shape index (κ1) is 14.2. The number of nitro groups is 1. The summed E-state index contributed by atoms with van der Waals surface area (Å²) < 4.78 is 5.96. The van der Waals surface area contributed by atoms with Crippen molar-refractivity contribution in [1.82, 2.24) is 9.97 Å². The highest BCUT2D eigenvalue weighted by Gasteiger charge is 2.19. The SMILES string of the molecule is CCNc1cncc(Oc2c(Br)cccc2[N+](=O)[O-])n1. The third-order valence-electron chi connectivity index (χ3n) is 2.32. The summed E-state index contributed by atoms with van der Waals surface area (Å²) in [4.78, 5) is 18.6. The van der Waals surface area contributed by atoms with Crippen LogP contribution < -0.4 is 10.1 Å². The van der Waals surface area contributed by atoms with E-state index >= 15 is 0 Å². The summed E-state index contributed by atoms with van der Waals surface area (Å²) in [6.45, 7) is 2.61. The van der Waals surface area contributed by atoms with Crippen LogP contribution in [0, 0.1) is 10.1 Å². The molecule has 20 heavy (non-hydrogen) atoms. The smallest absolute Gasteiger partial charge is 0.312 e. The summed E-state index contributed by atoms with van der Waals surface area (Å²) in [5.74, 6) is 0.818. The second-order valence-corrected chi connectivity index (χ2v) is 4.57. The largest absolute Gasteiger partial charge is 0.429 e. The quantitative estimate of drug-likeness (QED) is 0.663. The van der Waals surface area contributed by atoms with Gasteiger partial charge in [0.2, 0.25) is 11.6 Å². The average molecular weight is 339 g/mol. The Kier molecular flexibility index (Phi) is 4.46. The monoisotopic (exact) mass is 338 g/mol. The molecule has 7 nitrogen and oxygen atoms in total. The lowest BCUT2D eigenvalue weighted by Gasteiger charge is -2.08. The summed E-state index contributed by atoms with van der Waals surface area (Å²) in [5, 5.41) is 14.0. The fourth-order valence-corrected chi connectivity index (χ4v) is 1.95. The van der Waals surface area contributed by atoms with E-state index < -0.39 is 4.92 Å². The molecule has 0 aliphatic carbocycles. The molecule has 0 saturated heterocycles. The number of hydrogen-bond acceptors (Lipinski definition) is 6. The molecule has 1 N–H and O–H groups in total. The average Bonchev–Trinajstić information content (AvgIpc) is 2.41. The molecule has 0 bridgehead atoms. The van der Waals surface area contributed by atoms with Crippen molar-refractivity contribution in [2.45, 2.75) is 6.92 Å². The molecule has 1 heterocycles. The third-order valence-corrected chi connectivity index (χ3v) is 2.94. The number of nitro benzene ring substituents is 1. The van der Waals surface area contributed by atoms with Gasteiger partial charge in [-0.15, -0.1) is 0 Å². The van der Waals surface area contributed by atoms with Crippen molar-refractivity contribution in [3.8, 4) is 11.6 Å². The van der Waals surface area contributed by atoms with Gasteiger partial charge in [0.05, 0.1) is 21.8 Å². The van der Waals surface area contributed by atoms with Gasteiger partial charge in [-0.1, -0.05) is 6.07 Å². The highest BCUT2D eigenvalue weighted by molar-refractivity contribution is 9.10. The summed E-state index contributed by atoms with van der Waals surface area (Å²) in [6.07, 6.45) is 2.94. The Morgan fingerprint density at radius 1 is 1.45 bits per heavy atom. The molecule has 0 unspecified atom stereocenters. The van der Waals surface area contributed by atoms with Gasteiger partial charge in [-0.2, -0.15) is 4.98 Å². The maximum atomic E-state index is 11.0. The van der Waals surface area contributed by atoms with Crippen LogP contribution >= 0.6 is 15.9 Å². The second kappa shape index (κ2) is 6.29. The molecule has 104 valence electrons. The van der Waals surface area contributed by atoms with Gasteiger partial charge in [0.15, 0.2) is 0 Å². The number of halogens is 1. The van der Waals surface area contributed by atoms with Crippen LogP contribution in [-0.2, 0) is 0 Å². The van der Waals surface area contributed by atoms with Crippen molar-refractivity contribution in [2.24, 2.45) is 0 Å². The molecule has 0 fully saturated rings. The van der Waals surface area contributed by atoms with Crippen molar-refractivity contribution in [3.05, 3.63) is 45.2 Å². The molecular formula is C12H11BrN4O3. The lowest BCUT2D eigenvalue weighted by atomic mass is 10.3. The van der Waals surface area contributed by atoms with Crippen LogP contribution in [0.1, 0.15) is 6.92 Å². The van der Waals surface area contributed by atoms with Gasteiger partial charge in [-0.25, -0.2) is 0 Å². The Hall–Kier alpha value is -2.22. The Morgan fingerprint density at radius 3 is 2.95 bits per heavy atom. The molecule has 0 aliphatic heterocycles. The number of nitrogens with one attached hydrogen (secondary N) is 1. The van der Waals surface area contributed by atoms with E-state index in [-0.39, 0.29) is 17.3 Å². The molecule has 1 aromatic carbocycles. The highest BCUT2D eigenvalue weighted by Crippen LogP contribution is 2.37. The maximum absolute atomic E-state index is 11.0. The number of rotatable bonds is 5. The molecule has 2 aromatic rings. The van der Waals surface area contributed by atoms with Crippen molar-refractivity contribution in [3.63, 3.8) is 0 Å². The molecule has 8 heteroatoms. The Bertz CT molecular complexity index is 636. The van der Waals surface area contributed by atoms with Crippen molar-refractivity contribution in [2.75, 3.05) is 11.9 Å². The van der Waals surface area contributed by atoms with Crippen molar-refractivity contribution < 1.29 is 9.66 Å². The molecule has 0 saturated carbocycles. The van der Waals surface area contributed by atoms with Crippen LogP contribution in [0.2, 0.25) is 0 Å². The zero-order chi connectivity index (χ0) is 14.5. The zero-order valence-electron chi connectivity index (χ0n) is 10.5. The lowest BCUT2D eigenvalue weighted by molar-refractivity contribution is -0.385. The first-order chi connectivity index (χ1) is 9.61. The molecule has 0 amide bonds. The van der Waals surface area contributed by atoms with E-state index in [1.807, 2.05) is 6.92 Å². The number of anilines is 1. The first-order valence-electron chi connectivity index (χ1n) is 5.78. The molecule has 1 aromatic heterocycles. The minimum atomic E-state index is -0.512. The molecule has 0 atom stereocenters. The standard InChI is InChI=1S/C12H11BrN4O3/c1-2-15-10-6-14-7-11(16-10)20-12-8(13)4-3-5-9(12)17(18)19/h3-7H,2H2,1H3,(H,15,16). The summed E-state index contributed by atoms with van der Waals surface area (Å²) in [5.41, 5.74) is -0.143. The Balaban J connectivity index is 2.34. The van der Waals surface area contributed by atoms with Crippen LogP contribution in [0.4, 0.5) is 11.5 Å². The van der Waals surface area contributed by atoms with Crippen LogP contribution in [-0.4, -0.2) is 21.4 Å². The predicted octanol–water partition coefficient (Wildman–Crippen LogP) is 3.37. The van der Waals surface area contributed by atoms with E-state index in [0.717, 1.165) is 0 Å². The number of hydrogen-bond donors (Lipinski definition) is 1. The fraction of sp³-hybridized carbons (Fsp3) is 0.167. The molecule has 0 aliphatic rings. The van der Waals surface area contributed by atoms with Crippen LogP contribution in [0.15, 0.2) is 35.1 Å². The Morgan fingerprint density at radius 2 is 2.25 bits per heavy atom. The van der Waals surface area contributed by atoms with Crippen LogP contribution in [0.3, 0.4) is 0 Å². The fourth-order valence-electron chi connectivity index (χ4n) is 1.51. The number of ether oxygens (including phenoxy) is 1. The third kappa shape index (κ3) is 3.21. The van der Waals surface area contributed by atoms with E-state index in [1.165, 1.54) is 12.3 Å². The van der Waals surface area contributed by atoms with Gasteiger partial charge in [-0.05, 0) is 28.9 Å². The highest BCUT2D eigenvalue weighted by atomic mass is 79.9. The molecule has 0 radical (unpaired) electrons. The summed E-state index contributed by atoms with van der Waals surface area (Å²) in [7, 11) is 0. The van der Waals surface area contributed by atoms with E-state index in [4.69, 9.17) is 4.74 Å². The van der Waals surface area contributed by atoms with Crippen molar-refractivity contribution >= 4 is 27.4 Å². The molecule has 0 spiro atoms. The van der Waals surface area contributed by atoms with Crippen molar-refractivity contribution in [1.29, 1.82) is 0 Å². The number of benzene rings is 1. The van der Waals surface area contributed by atoms with E-state index in [1.54, 1.807) is 18.3 Å². The van der Waals surface area contributed by atoms with E-state index in [9.17, 15) is 10.1 Å². The van der Waals surface area contributed by atoms with Gasteiger partial charge in [0.1, 0.15) is 5.82 Å². The minimum absolute atomic E-state index is 0.0976. The zero-order valence-corrected chi connectivity index (χ0v) is 12.1. The first-order valence-corrected chi connectivity index (χ1v) is 6.57. The van der Waals surface area contributed by atoms with Crippen LogP contribution in [0.25, 0.3) is 0 Å². The summed E-state index contributed by atoms with van der Waals surface area (Å²) >= 11 is 3.23. The normalized spacial score (nSPS) is 10.1. The number of nitrogens with zero attached hydrogens (tertiary/aromatic N) is 3. The van der Waals surface area contributed by atoms with E-state index in [2.05, 4.69) is 31.2 Å². The topological polar surface area (TPSA) is 90.2 Å². The summed E-state index contributed by atoms with van der Waals surface area (Å²) in [6, 6.07) is 4.58. The second-order valence-electron chi connectivity index (χ2n) is 3.72. The number of aromatic nitrogens is 2. The Labute approximate surface area is 123 Å². The van der Waals surface area contributed by atoms with Gasteiger partial charge in [0.25, 0.3) is 0 Å². The molecule has 2 rings (SSSR count). The lowest BCUT2D eigenvalue weighted by Crippen LogP contribution is -2.01. The maximum Gasteiger partial charge on any atom is 0.312 e. The van der Waals surface area contributed by atoms with Gasteiger partial charge >= 0.3 is 5.69 Å².